The van der Waals surface area contributed by atoms with Crippen LogP contribution >= 0.6 is 0 Å². The van der Waals surface area contributed by atoms with Crippen LogP contribution < -0.4 is 5.43 Å². The molecular weight excluding hydrogens is 377 g/mol. The van der Waals surface area contributed by atoms with Gasteiger partial charge in [-0.05, 0) is 40.8 Å². The van der Waals surface area contributed by atoms with Crippen LogP contribution in [0.5, 0.6) is 0 Å². The number of rotatable bonds is 9. The highest BCUT2D eigenvalue weighted by atomic mass is 19.4. The molecule has 2 aromatic rings. The first-order chi connectivity index (χ1) is 13.9. The van der Waals surface area contributed by atoms with Crippen LogP contribution in [0.4, 0.5) is 13.2 Å². The first-order valence-corrected chi connectivity index (χ1v) is 10.5. The number of carbonyl (C=O) groups is 1. The Morgan fingerprint density at radius 1 is 1.07 bits per heavy atom. The molecule has 0 aliphatic carbocycles. The Bertz CT molecular complexity index is 834. The minimum absolute atomic E-state index is 0.0560. The van der Waals surface area contributed by atoms with E-state index in [9.17, 15) is 18.0 Å². The SMILES string of the molecule is CCCCCCCCc1cccc2ccc([C@H](N3CCC(=O)N3)C(F)(F)F)cc12. The number of alkyl halides is 3. The van der Waals surface area contributed by atoms with E-state index in [0.29, 0.717) is 0 Å². The average molecular weight is 406 g/mol. The highest BCUT2D eigenvalue weighted by Crippen LogP contribution is 2.39. The predicted molar refractivity (Wildman–Crippen MR) is 109 cm³/mol. The lowest BCUT2D eigenvalue weighted by atomic mass is 9.95. The van der Waals surface area contributed by atoms with Gasteiger partial charge in [-0.15, -0.1) is 0 Å². The lowest BCUT2D eigenvalue weighted by Crippen LogP contribution is -2.43. The summed E-state index contributed by atoms with van der Waals surface area (Å²) in [6, 6.07) is 9.02. The molecule has 0 radical (unpaired) electrons. The lowest BCUT2D eigenvalue weighted by molar-refractivity contribution is -0.191. The second-order valence-electron chi connectivity index (χ2n) is 7.84. The summed E-state index contributed by atoms with van der Waals surface area (Å²) in [6.45, 7) is 2.25. The van der Waals surface area contributed by atoms with Gasteiger partial charge in [0.15, 0.2) is 0 Å². The number of hydrogen-bond acceptors (Lipinski definition) is 2. The van der Waals surface area contributed by atoms with Crippen LogP contribution in [0.1, 0.15) is 69.0 Å². The van der Waals surface area contributed by atoms with Gasteiger partial charge >= 0.3 is 6.18 Å². The Morgan fingerprint density at radius 2 is 1.83 bits per heavy atom. The Hall–Kier alpha value is -2.08. The molecule has 1 aliphatic heterocycles. The van der Waals surface area contributed by atoms with E-state index >= 15 is 0 Å². The first kappa shape index (κ1) is 21.6. The molecule has 0 aromatic heterocycles. The molecule has 1 saturated heterocycles. The monoisotopic (exact) mass is 406 g/mol. The Labute approximate surface area is 170 Å². The van der Waals surface area contributed by atoms with E-state index in [0.717, 1.165) is 40.6 Å². The molecule has 1 heterocycles. The summed E-state index contributed by atoms with van der Waals surface area (Å²) < 4.78 is 41.5. The van der Waals surface area contributed by atoms with Gasteiger partial charge in [0.25, 0.3) is 0 Å². The van der Waals surface area contributed by atoms with Crippen molar-refractivity contribution in [1.82, 2.24) is 10.4 Å². The highest BCUT2D eigenvalue weighted by molar-refractivity contribution is 5.86. The van der Waals surface area contributed by atoms with Crippen molar-refractivity contribution >= 4 is 16.7 Å². The number of hydrazine groups is 1. The predicted octanol–water partition coefficient (Wildman–Crippen LogP) is 6.08. The lowest BCUT2D eigenvalue weighted by Gasteiger charge is -2.29. The number of carbonyl (C=O) groups excluding carboxylic acids is 1. The van der Waals surface area contributed by atoms with Gasteiger partial charge in [-0.1, -0.05) is 69.4 Å². The van der Waals surface area contributed by atoms with Gasteiger partial charge in [-0.2, -0.15) is 13.2 Å². The van der Waals surface area contributed by atoms with Crippen molar-refractivity contribution in [2.45, 2.75) is 70.5 Å². The second-order valence-corrected chi connectivity index (χ2v) is 7.84. The number of halogens is 3. The molecule has 1 amide bonds. The molecule has 2 aromatic carbocycles. The van der Waals surface area contributed by atoms with Gasteiger partial charge in [0.2, 0.25) is 5.91 Å². The number of benzene rings is 2. The van der Waals surface area contributed by atoms with Gasteiger partial charge in [0.05, 0.1) is 0 Å². The van der Waals surface area contributed by atoms with E-state index in [1.54, 1.807) is 12.1 Å². The maximum absolute atomic E-state index is 13.8. The summed E-state index contributed by atoms with van der Waals surface area (Å²) in [6.07, 6.45) is 3.57. The molecule has 1 N–H and O–H groups in total. The molecule has 0 saturated carbocycles. The number of fused-ring (bicyclic) bond motifs is 1. The van der Waals surface area contributed by atoms with Gasteiger partial charge in [-0.3, -0.25) is 10.2 Å². The second kappa shape index (κ2) is 9.61. The van der Waals surface area contributed by atoms with Crippen LogP contribution in [0.3, 0.4) is 0 Å². The third-order valence-electron chi connectivity index (χ3n) is 5.58. The van der Waals surface area contributed by atoms with E-state index in [-0.39, 0.29) is 24.4 Å². The maximum Gasteiger partial charge on any atom is 0.409 e. The van der Waals surface area contributed by atoms with Gasteiger partial charge in [0, 0.05) is 13.0 Å². The molecule has 0 spiro atoms. The fraction of sp³-hybridized carbons (Fsp3) is 0.522. The average Bonchev–Trinajstić information content (AvgIpc) is 3.09. The Balaban J connectivity index is 1.82. The molecule has 3 rings (SSSR count). The number of hydrogen-bond donors (Lipinski definition) is 1. The van der Waals surface area contributed by atoms with Crippen molar-refractivity contribution in [2.75, 3.05) is 6.54 Å². The topological polar surface area (TPSA) is 32.3 Å². The highest BCUT2D eigenvalue weighted by Gasteiger charge is 2.46. The number of aryl methyl sites for hydroxylation is 1. The zero-order valence-electron chi connectivity index (χ0n) is 16.9. The number of nitrogens with zero attached hydrogens (tertiary/aromatic N) is 1. The molecule has 1 atom stereocenters. The molecule has 3 nitrogen and oxygen atoms in total. The van der Waals surface area contributed by atoms with E-state index in [1.807, 2.05) is 18.2 Å². The molecule has 158 valence electrons. The van der Waals surface area contributed by atoms with Crippen LogP contribution in [0.15, 0.2) is 36.4 Å². The first-order valence-electron chi connectivity index (χ1n) is 10.5. The maximum atomic E-state index is 13.8. The van der Waals surface area contributed by atoms with Crippen molar-refractivity contribution in [3.63, 3.8) is 0 Å². The minimum Gasteiger partial charge on any atom is -0.288 e. The molecule has 0 bridgehead atoms. The van der Waals surface area contributed by atoms with Crippen molar-refractivity contribution in [3.8, 4) is 0 Å². The standard InChI is InChI=1S/C23H29F3N2O/c1-2-3-4-5-6-7-9-17-10-8-11-18-12-13-19(16-20(17)18)22(23(24,25)26)28-15-14-21(29)27-28/h8,10-13,16,22H,2-7,9,14-15H2,1H3,(H,27,29)/t22-/m0/s1. The van der Waals surface area contributed by atoms with Crippen LogP contribution in [0, 0.1) is 0 Å². The molecular formula is C23H29F3N2O. The van der Waals surface area contributed by atoms with Crippen molar-refractivity contribution in [2.24, 2.45) is 0 Å². The van der Waals surface area contributed by atoms with Crippen LogP contribution in [-0.2, 0) is 11.2 Å². The third-order valence-corrected chi connectivity index (χ3v) is 5.58. The van der Waals surface area contributed by atoms with Gasteiger partial charge in [0.1, 0.15) is 6.04 Å². The quantitative estimate of drug-likeness (QED) is 0.512. The number of unbranched alkanes of at least 4 members (excludes halogenated alkanes) is 5. The Morgan fingerprint density at radius 3 is 2.52 bits per heavy atom. The Kier molecular flexibility index (Phi) is 7.17. The van der Waals surface area contributed by atoms with Crippen molar-refractivity contribution in [3.05, 3.63) is 47.5 Å². The zero-order chi connectivity index (χ0) is 20.9. The largest absolute Gasteiger partial charge is 0.409 e. The molecule has 1 aliphatic rings. The smallest absolute Gasteiger partial charge is 0.288 e. The fourth-order valence-corrected chi connectivity index (χ4v) is 4.07. The fourth-order valence-electron chi connectivity index (χ4n) is 4.07. The summed E-state index contributed by atoms with van der Waals surface area (Å²) in [7, 11) is 0. The summed E-state index contributed by atoms with van der Waals surface area (Å²) in [4.78, 5) is 11.5. The minimum atomic E-state index is -4.47. The van der Waals surface area contributed by atoms with Crippen LogP contribution in [0.2, 0.25) is 0 Å². The van der Waals surface area contributed by atoms with Crippen LogP contribution in [-0.4, -0.2) is 23.6 Å². The van der Waals surface area contributed by atoms with Crippen LogP contribution in [0.25, 0.3) is 10.8 Å². The molecule has 6 heteroatoms. The summed E-state index contributed by atoms with van der Waals surface area (Å²) in [5.41, 5.74) is 3.61. The summed E-state index contributed by atoms with van der Waals surface area (Å²) in [5, 5.41) is 2.83. The van der Waals surface area contributed by atoms with E-state index in [1.165, 1.54) is 31.7 Å². The molecule has 0 unspecified atom stereocenters. The zero-order valence-corrected chi connectivity index (χ0v) is 16.9. The van der Waals surface area contributed by atoms with E-state index in [4.69, 9.17) is 0 Å². The normalized spacial score (nSPS) is 16.3. The molecule has 1 fully saturated rings. The molecule has 29 heavy (non-hydrogen) atoms. The summed E-state index contributed by atoms with van der Waals surface area (Å²) >= 11 is 0. The number of nitrogens with one attached hydrogen (secondary N) is 1. The summed E-state index contributed by atoms with van der Waals surface area (Å²) in [5.74, 6) is -0.371. The van der Waals surface area contributed by atoms with Crippen molar-refractivity contribution < 1.29 is 18.0 Å². The number of amides is 1. The third kappa shape index (κ3) is 5.50. The van der Waals surface area contributed by atoms with Gasteiger partial charge < -0.3 is 0 Å². The van der Waals surface area contributed by atoms with Crippen molar-refractivity contribution in [1.29, 1.82) is 0 Å². The van der Waals surface area contributed by atoms with E-state index < -0.39 is 12.2 Å². The van der Waals surface area contributed by atoms with E-state index in [2.05, 4.69) is 12.3 Å². The van der Waals surface area contributed by atoms with Gasteiger partial charge in [-0.25, -0.2) is 5.01 Å².